The largest absolute Gasteiger partial charge is 0.342 e. The summed E-state index contributed by atoms with van der Waals surface area (Å²) in [5.41, 5.74) is 2.48. The molecule has 1 aromatic carbocycles. The number of nitrogens with zero attached hydrogens (tertiary/aromatic N) is 4. The summed E-state index contributed by atoms with van der Waals surface area (Å²) in [5.74, 6) is 1.47. The highest BCUT2D eigenvalue weighted by Crippen LogP contribution is 2.27. The molecule has 2 aromatic rings. The Kier molecular flexibility index (Phi) is 6.81. The molecule has 2 heterocycles. The number of carbonyl (C=O) groups is 1. The number of hydrogen-bond donors (Lipinski definition) is 0. The molecule has 6 heteroatoms. The SMILES string of the molecule is Cn1c(SCC(=O)N2CCCCCCC2)nnc1-c1ccc(C(C)(C)C)cc1. The fourth-order valence-electron chi connectivity index (χ4n) is 3.53. The summed E-state index contributed by atoms with van der Waals surface area (Å²) in [4.78, 5) is 14.6. The molecule has 28 heavy (non-hydrogen) atoms. The fourth-order valence-corrected chi connectivity index (χ4v) is 4.34. The van der Waals surface area contributed by atoms with Crippen LogP contribution in [0.1, 0.15) is 58.4 Å². The molecule has 1 amide bonds. The minimum Gasteiger partial charge on any atom is -0.342 e. The van der Waals surface area contributed by atoms with E-state index in [4.69, 9.17) is 0 Å². The van der Waals surface area contributed by atoms with Crippen LogP contribution < -0.4 is 0 Å². The highest BCUT2D eigenvalue weighted by Gasteiger charge is 2.18. The standard InChI is InChI=1S/C22H32N4OS/c1-22(2,3)18-12-10-17(11-13-18)20-23-24-21(25(20)4)28-16-19(27)26-14-8-6-5-7-9-15-26/h10-13H,5-9,14-16H2,1-4H3. The molecule has 0 aliphatic carbocycles. The Morgan fingerprint density at radius 2 is 1.61 bits per heavy atom. The van der Waals surface area contributed by atoms with Gasteiger partial charge in [0.05, 0.1) is 5.75 Å². The van der Waals surface area contributed by atoms with Crippen molar-refractivity contribution in [2.45, 2.75) is 63.4 Å². The highest BCUT2D eigenvalue weighted by molar-refractivity contribution is 7.99. The number of amides is 1. The first-order valence-electron chi connectivity index (χ1n) is 10.3. The van der Waals surface area contributed by atoms with Crippen LogP contribution in [-0.2, 0) is 17.3 Å². The predicted octanol–water partition coefficient (Wildman–Crippen LogP) is 4.66. The van der Waals surface area contributed by atoms with E-state index in [-0.39, 0.29) is 11.3 Å². The van der Waals surface area contributed by atoms with Gasteiger partial charge in [0.1, 0.15) is 0 Å². The van der Waals surface area contributed by atoms with Crippen LogP contribution in [0.15, 0.2) is 29.4 Å². The number of aromatic nitrogens is 3. The topological polar surface area (TPSA) is 51.0 Å². The lowest BCUT2D eigenvalue weighted by Gasteiger charge is -2.24. The quantitative estimate of drug-likeness (QED) is 0.700. The van der Waals surface area contributed by atoms with Crippen LogP contribution in [0, 0.1) is 0 Å². The van der Waals surface area contributed by atoms with Gasteiger partial charge in [0.15, 0.2) is 11.0 Å². The van der Waals surface area contributed by atoms with Gasteiger partial charge < -0.3 is 9.47 Å². The Labute approximate surface area is 172 Å². The number of rotatable bonds is 4. The highest BCUT2D eigenvalue weighted by atomic mass is 32.2. The third-order valence-corrected chi connectivity index (χ3v) is 6.38. The summed E-state index contributed by atoms with van der Waals surface area (Å²) < 4.78 is 1.98. The molecule has 0 saturated carbocycles. The van der Waals surface area contributed by atoms with E-state index in [1.54, 1.807) is 0 Å². The molecule has 1 aromatic heterocycles. The molecule has 3 rings (SSSR count). The molecule has 0 radical (unpaired) electrons. The maximum atomic E-state index is 12.6. The Morgan fingerprint density at radius 3 is 2.21 bits per heavy atom. The summed E-state index contributed by atoms with van der Waals surface area (Å²) in [6.45, 7) is 8.42. The molecule has 5 nitrogen and oxygen atoms in total. The second kappa shape index (κ2) is 9.12. The molecule has 0 atom stereocenters. The zero-order valence-corrected chi connectivity index (χ0v) is 18.4. The Bertz CT molecular complexity index is 784. The van der Waals surface area contributed by atoms with Gasteiger partial charge in [-0.05, 0) is 23.8 Å². The third-order valence-electron chi connectivity index (χ3n) is 5.38. The maximum absolute atomic E-state index is 12.6. The first-order valence-corrected chi connectivity index (χ1v) is 11.3. The summed E-state index contributed by atoms with van der Waals surface area (Å²) in [6.07, 6.45) is 6.01. The Hall–Kier alpha value is -1.82. The van der Waals surface area contributed by atoms with Gasteiger partial charge in [-0.3, -0.25) is 4.79 Å². The molecule has 152 valence electrons. The molecule has 1 saturated heterocycles. The van der Waals surface area contributed by atoms with Gasteiger partial charge in [0.25, 0.3) is 0 Å². The van der Waals surface area contributed by atoms with E-state index in [1.165, 1.54) is 36.6 Å². The van der Waals surface area contributed by atoms with Crippen molar-refractivity contribution in [3.05, 3.63) is 29.8 Å². The average molecular weight is 401 g/mol. The molecular formula is C22H32N4OS. The predicted molar refractivity (Wildman–Crippen MR) is 116 cm³/mol. The number of benzene rings is 1. The van der Waals surface area contributed by atoms with Crippen LogP contribution in [0.2, 0.25) is 0 Å². The first-order chi connectivity index (χ1) is 13.4. The normalized spacial score (nSPS) is 15.9. The molecule has 0 N–H and O–H groups in total. The molecule has 1 aliphatic rings. The van der Waals surface area contributed by atoms with Gasteiger partial charge in [-0.25, -0.2) is 0 Å². The van der Waals surface area contributed by atoms with Crippen LogP contribution in [0.4, 0.5) is 0 Å². The van der Waals surface area contributed by atoms with E-state index in [0.29, 0.717) is 5.75 Å². The van der Waals surface area contributed by atoms with Crippen LogP contribution in [0.25, 0.3) is 11.4 Å². The van der Waals surface area contributed by atoms with Crippen LogP contribution in [-0.4, -0.2) is 44.4 Å². The number of thioether (sulfide) groups is 1. The van der Waals surface area contributed by atoms with Crippen LogP contribution in [0.3, 0.4) is 0 Å². The number of likely N-dealkylation sites (tertiary alicyclic amines) is 1. The minimum absolute atomic E-state index is 0.131. The van der Waals surface area contributed by atoms with Gasteiger partial charge in [-0.15, -0.1) is 10.2 Å². The van der Waals surface area contributed by atoms with E-state index < -0.39 is 0 Å². The van der Waals surface area contributed by atoms with E-state index in [1.807, 2.05) is 16.5 Å². The Balaban J connectivity index is 1.63. The minimum atomic E-state index is 0.131. The van der Waals surface area contributed by atoms with Crippen LogP contribution >= 0.6 is 11.8 Å². The van der Waals surface area contributed by atoms with Gasteiger partial charge in [0.2, 0.25) is 5.91 Å². The summed E-state index contributed by atoms with van der Waals surface area (Å²) in [7, 11) is 1.97. The molecule has 0 unspecified atom stereocenters. The third kappa shape index (κ3) is 5.16. The van der Waals surface area contributed by atoms with Crippen molar-refractivity contribution < 1.29 is 4.79 Å². The zero-order chi connectivity index (χ0) is 20.1. The van der Waals surface area contributed by atoms with E-state index in [0.717, 1.165) is 42.5 Å². The van der Waals surface area contributed by atoms with Crippen molar-refractivity contribution in [3.8, 4) is 11.4 Å². The first kappa shape index (κ1) is 20.9. The van der Waals surface area contributed by atoms with E-state index >= 15 is 0 Å². The van der Waals surface area contributed by atoms with E-state index in [9.17, 15) is 4.79 Å². The molecule has 1 fully saturated rings. The van der Waals surface area contributed by atoms with Crippen molar-refractivity contribution in [1.29, 1.82) is 0 Å². The van der Waals surface area contributed by atoms with Gasteiger partial charge in [-0.2, -0.15) is 0 Å². The lowest BCUT2D eigenvalue weighted by molar-refractivity contribution is -0.128. The summed E-state index contributed by atoms with van der Waals surface area (Å²) in [5, 5.41) is 9.47. The van der Waals surface area contributed by atoms with Crippen molar-refractivity contribution in [3.63, 3.8) is 0 Å². The lowest BCUT2D eigenvalue weighted by Crippen LogP contribution is -2.35. The smallest absolute Gasteiger partial charge is 0.233 e. The molecule has 1 aliphatic heterocycles. The van der Waals surface area contributed by atoms with Gasteiger partial charge >= 0.3 is 0 Å². The lowest BCUT2D eigenvalue weighted by atomic mass is 9.87. The molecule has 0 bridgehead atoms. The zero-order valence-electron chi connectivity index (χ0n) is 17.6. The number of hydrogen-bond acceptors (Lipinski definition) is 4. The van der Waals surface area contributed by atoms with Crippen molar-refractivity contribution in [2.75, 3.05) is 18.8 Å². The van der Waals surface area contributed by atoms with Crippen molar-refractivity contribution in [1.82, 2.24) is 19.7 Å². The summed E-state index contributed by atoms with van der Waals surface area (Å²) >= 11 is 1.48. The monoisotopic (exact) mass is 400 g/mol. The molecule has 0 spiro atoms. The second-order valence-electron chi connectivity index (χ2n) is 8.63. The number of carbonyl (C=O) groups excluding carboxylic acids is 1. The Morgan fingerprint density at radius 1 is 1.00 bits per heavy atom. The van der Waals surface area contributed by atoms with Crippen molar-refractivity contribution in [2.24, 2.45) is 7.05 Å². The average Bonchev–Trinajstić information content (AvgIpc) is 2.99. The maximum Gasteiger partial charge on any atom is 0.233 e. The second-order valence-corrected chi connectivity index (χ2v) is 9.57. The van der Waals surface area contributed by atoms with Crippen molar-refractivity contribution >= 4 is 17.7 Å². The van der Waals surface area contributed by atoms with Gasteiger partial charge in [0, 0.05) is 25.7 Å². The van der Waals surface area contributed by atoms with Gasteiger partial charge in [-0.1, -0.05) is 76.1 Å². The molecular weight excluding hydrogens is 368 g/mol. The van der Waals surface area contributed by atoms with E-state index in [2.05, 4.69) is 55.2 Å². The van der Waals surface area contributed by atoms with Crippen LogP contribution in [0.5, 0.6) is 0 Å². The fraction of sp³-hybridized carbons (Fsp3) is 0.591. The summed E-state index contributed by atoms with van der Waals surface area (Å²) in [6, 6.07) is 8.51.